The lowest BCUT2D eigenvalue weighted by molar-refractivity contribution is 0.0696. The molecule has 4 rings (SSSR count). The van der Waals surface area contributed by atoms with Crippen LogP contribution in [0.2, 0.25) is 0 Å². The van der Waals surface area contributed by atoms with Gasteiger partial charge in [-0.3, -0.25) is 4.79 Å². The van der Waals surface area contributed by atoms with Crippen molar-refractivity contribution >= 4 is 70.9 Å². The number of nitrogens with zero attached hydrogens (tertiary/aromatic N) is 3. The Bertz CT molecular complexity index is 1600. The highest BCUT2D eigenvalue weighted by Crippen LogP contribution is 2.42. The minimum absolute atomic E-state index is 0.129. The van der Waals surface area contributed by atoms with Crippen LogP contribution in [-0.2, 0) is 13.0 Å². The van der Waals surface area contributed by atoms with Crippen LogP contribution in [0, 0.1) is 0 Å². The number of rotatable bonds is 8. The quantitative estimate of drug-likeness (QED) is 0.214. The third-order valence-corrected chi connectivity index (χ3v) is 8.07. The molecule has 0 radical (unpaired) electrons. The van der Waals surface area contributed by atoms with Gasteiger partial charge in [-0.25, -0.2) is 9.78 Å². The Hall–Kier alpha value is -3.02. The number of ether oxygens (including phenoxy) is 2. The van der Waals surface area contributed by atoms with E-state index in [-0.39, 0.29) is 17.7 Å². The molecule has 0 aliphatic carbocycles. The lowest BCUT2D eigenvalue weighted by Gasteiger charge is -2.15. The summed E-state index contributed by atoms with van der Waals surface area (Å²) in [4.78, 5) is 29.0. The predicted octanol–water partition coefficient (Wildman–Crippen LogP) is 6.41. The summed E-state index contributed by atoms with van der Waals surface area (Å²) in [7, 11) is 1.51. The lowest BCUT2D eigenvalue weighted by atomic mass is 10.1. The molecule has 0 aliphatic heterocycles. The van der Waals surface area contributed by atoms with Crippen LogP contribution in [0.5, 0.6) is 11.5 Å². The van der Waals surface area contributed by atoms with Crippen molar-refractivity contribution in [2.45, 2.75) is 20.0 Å². The van der Waals surface area contributed by atoms with Crippen LogP contribution >= 0.6 is 47.8 Å². The summed E-state index contributed by atoms with van der Waals surface area (Å²) in [6.07, 6.45) is 2.06. The van der Waals surface area contributed by atoms with Crippen molar-refractivity contribution in [1.82, 2.24) is 9.66 Å². The monoisotopic (exact) mass is 691 g/mol. The second-order valence-corrected chi connectivity index (χ2v) is 10.3. The number of hydrogen-bond donors (Lipinski definition) is 1. The molecule has 1 N–H and O–H groups in total. The molecular formula is C26H20Br3N3O5. The van der Waals surface area contributed by atoms with Crippen LogP contribution in [0.1, 0.15) is 34.2 Å². The van der Waals surface area contributed by atoms with Gasteiger partial charge in [0.1, 0.15) is 12.4 Å². The molecule has 0 amide bonds. The van der Waals surface area contributed by atoms with Crippen LogP contribution in [0.15, 0.2) is 71.8 Å². The fourth-order valence-corrected chi connectivity index (χ4v) is 4.89. The van der Waals surface area contributed by atoms with Gasteiger partial charge in [-0.1, -0.05) is 35.0 Å². The van der Waals surface area contributed by atoms with E-state index in [1.807, 2.05) is 13.0 Å². The first-order valence-corrected chi connectivity index (χ1v) is 13.4. The van der Waals surface area contributed by atoms with E-state index in [0.717, 1.165) is 4.47 Å². The van der Waals surface area contributed by atoms with Gasteiger partial charge in [-0.2, -0.15) is 9.78 Å². The van der Waals surface area contributed by atoms with Crippen LogP contribution in [0.4, 0.5) is 0 Å². The Kier molecular flexibility index (Phi) is 8.46. The normalized spacial score (nSPS) is 11.3. The maximum Gasteiger partial charge on any atom is 0.335 e. The van der Waals surface area contributed by atoms with Gasteiger partial charge >= 0.3 is 5.97 Å². The van der Waals surface area contributed by atoms with Gasteiger partial charge in [0.2, 0.25) is 0 Å². The molecule has 3 aromatic carbocycles. The molecule has 0 saturated carbocycles. The largest absolute Gasteiger partial charge is 0.493 e. The Morgan fingerprint density at radius 1 is 1.14 bits per heavy atom. The molecule has 0 saturated heterocycles. The van der Waals surface area contributed by atoms with E-state index in [2.05, 4.69) is 57.9 Å². The highest BCUT2D eigenvalue weighted by Gasteiger charge is 2.18. The molecule has 4 aromatic rings. The number of benzene rings is 3. The number of halogens is 3. The van der Waals surface area contributed by atoms with Crippen LogP contribution in [-0.4, -0.2) is 34.1 Å². The van der Waals surface area contributed by atoms with Crippen molar-refractivity contribution in [3.05, 3.63) is 94.8 Å². The minimum atomic E-state index is -1.01. The number of aryl methyl sites for hydroxylation is 1. The average molecular weight is 694 g/mol. The number of aromatic carboxylic acids is 1. The summed E-state index contributed by atoms with van der Waals surface area (Å²) in [6.45, 7) is 2.04. The SMILES string of the molecule is CCc1nc2ccc(Br)cc2c(=O)n1N=Cc1cc(OC)c(OCc2cccc(C(=O)O)c2)c(Br)c1Br. The molecule has 1 aromatic heterocycles. The molecule has 0 unspecified atom stereocenters. The van der Waals surface area contributed by atoms with Gasteiger partial charge in [0.25, 0.3) is 5.56 Å². The second kappa shape index (κ2) is 11.6. The Balaban J connectivity index is 1.69. The number of methoxy groups -OCH3 is 1. The molecule has 0 aliphatic rings. The zero-order valence-corrected chi connectivity index (χ0v) is 24.4. The van der Waals surface area contributed by atoms with E-state index in [1.165, 1.54) is 17.9 Å². The molecule has 11 heteroatoms. The van der Waals surface area contributed by atoms with Gasteiger partial charge in [-0.15, -0.1) is 0 Å². The summed E-state index contributed by atoms with van der Waals surface area (Å²) >= 11 is 10.5. The molecule has 0 bridgehead atoms. The van der Waals surface area contributed by atoms with Crippen molar-refractivity contribution in [2.24, 2.45) is 5.10 Å². The van der Waals surface area contributed by atoms with E-state index in [0.29, 0.717) is 54.7 Å². The van der Waals surface area contributed by atoms with Gasteiger partial charge in [0, 0.05) is 20.9 Å². The Morgan fingerprint density at radius 3 is 2.62 bits per heavy atom. The van der Waals surface area contributed by atoms with E-state index in [9.17, 15) is 14.7 Å². The topological polar surface area (TPSA) is 103 Å². The first-order chi connectivity index (χ1) is 17.7. The predicted molar refractivity (Wildman–Crippen MR) is 152 cm³/mol. The van der Waals surface area contributed by atoms with Crippen molar-refractivity contribution in [3.8, 4) is 11.5 Å². The van der Waals surface area contributed by atoms with E-state index in [4.69, 9.17) is 9.47 Å². The zero-order chi connectivity index (χ0) is 26.7. The van der Waals surface area contributed by atoms with Crippen molar-refractivity contribution in [2.75, 3.05) is 7.11 Å². The Morgan fingerprint density at radius 2 is 1.92 bits per heavy atom. The van der Waals surface area contributed by atoms with Crippen LogP contribution in [0.25, 0.3) is 10.9 Å². The van der Waals surface area contributed by atoms with Gasteiger partial charge in [-0.05, 0) is 73.8 Å². The van der Waals surface area contributed by atoms with Crippen molar-refractivity contribution in [3.63, 3.8) is 0 Å². The van der Waals surface area contributed by atoms with Gasteiger partial charge in [0.15, 0.2) is 11.5 Å². The average Bonchev–Trinajstić information content (AvgIpc) is 2.89. The first kappa shape index (κ1) is 27.0. The maximum absolute atomic E-state index is 13.2. The Labute approximate surface area is 237 Å². The second-order valence-electron chi connectivity index (χ2n) is 7.82. The molecule has 1 heterocycles. The fraction of sp³-hybridized carbons (Fsp3) is 0.154. The number of carbonyl (C=O) groups is 1. The van der Waals surface area contributed by atoms with E-state index < -0.39 is 5.97 Å². The molecule has 8 nitrogen and oxygen atoms in total. The van der Waals surface area contributed by atoms with Gasteiger partial charge in [0.05, 0.1) is 34.3 Å². The summed E-state index contributed by atoms with van der Waals surface area (Å²) in [6, 6.07) is 13.6. The summed E-state index contributed by atoms with van der Waals surface area (Å²) in [5.74, 6) is 0.374. The molecule has 0 atom stereocenters. The molecular weight excluding hydrogens is 674 g/mol. The number of carboxylic acid groups (broad SMARTS) is 1. The van der Waals surface area contributed by atoms with Crippen molar-refractivity contribution in [1.29, 1.82) is 0 Å². The van der Waals surface area contributed by atoms with Crippen LogP contribution < -0.4 is 15.0 Å². The number of aromatic nitrogens is 2. The van der Waals surface area contributed by atoms with Crippen LogP contribution in [0.3, 0.4) is 0 Å². The third-order valence-electron chi connectivity index (χ3n) is 5.44. The molecule has 0 fully saturated rings. The maximum atomic E-state index is 13.2. The fourth-order valence-electron chi connectivity index (χ4n) is 3.60. The highest BCUT2D eigenvalue weighted by atomic mass is 79.9. The van der Waals surface area contributed by atoms with Gasteiger partial charge < -0.3 is 14.6 Å². The minimum Gasteiger partial charge on any atom is -0.493 e. The summed E-state index contributed by atoms with van der Waals surface area (Å²) < 4.78 is 14.8. The lowest BCUT2D eigenvalue weighted by Crippen LogP contribution is -2.22. The smallest absolute Gasteiger partial charge is 0.335 e. The molecule has 190 valence electrons. The standard InChI is InChI=1S/C26H20Br3N3O5/c1-3-21-31-19-8-7-17(27)11-18(19)25(33)32(21)30-12-16-10-20(36-2)24(23(29)22(16)28)37-13-14-5-4-6-15(9-14)26(34)35/h4-12H,3,13H2,1-2H3,(H,34,35). The molecule has 37 heavy (non-hydrogen) atoms. The number of hydrogen-bond acceptors (Lipinski definition) is 6. The first-order valence-electron chi connectivity index (χ1n) is 11.0. The molecule has 0 spiro atoms. The van der Waals surface area contributed by atoms with E-state index >= 15 is 0 Å². The van der Waals surface area contributed by atoms with E-state index in [1.54, 1.807) is 42.6 Å². The third kappa shape index (κ3) is 5.78. The summed E-state index contributed by atoms with van der Waals surface area (Å²) in [5.41, 5.74) is 1.84. The number of carboxylic acids is 1. The van der Waals surface area contributed by atoms with Crippen molar-refractivity contribution < 1.29 is 19.4 Å². The number of fused-ring (bicyclic) bond motifs is 1. The highest BCUT2D eigenvalue weighted by molar-refractivity contribution is 9.13. The zero-order valence-electron chi connectivity index (χ0n) is 19.7. The summed E-state index contributed by atoms with van der Waals surface area (Å²) in [5, 5.41) is 14.1.